The third-order valence-electron chi connectivity index (χ3n) is 4.20. The molecule has 0 aliphatic carbocycles. The van der Waals surface area contributed by atoms with Gasteiger partial charge in [-0.1, -0.05) is 12.1 Å². The van der Waals surface area contributed by atoms with Gasteiger partial charge in [0.1, 0.15) is 5.75 Å². The zero-order valence-electron chi connectivity index (χ0n) is 11.3. The van der Waals surface area contributed by atoms with Crippen LogP contribution in [0.3, 0.4) is 0 Å². The Labute approximate surface area is 108 Å². The number of methoxy groups -OCH3 is 1. The smallest absolute Gasteiger partial charge is 0.142 e. The first-order valence-corrected chi connectivity index (χ1v) is 6.56. The lowest BCUT2D eigenvalue weighted by Gasteiger charge is -2.24. The third kappa shape index (κ3) is 1.54. The molecule has 2 heterocycles. The lowest BCUT2D eigenvalue weighted by molar-refractivity contribution is 0.414. The summed E-state index contributed by atoms with van der Waals surface area (Å²) in [5.74, 6) is 0.920. The first-order chi connectivity index (χ1) is 8.65. The van der Waals surface area contributed by atoms with Gasteiger partial charge < -0.3 is 15.0 Å². The number of aryl methyl sites for hydroxylation is 1. The second-order valence-electron chi connectivity index (χ2n) is 5.37. The maximum Gasteiger partial charge on any atom is 0.142 e. The second kappa shape index (κ2) is 4.02. The number of aromatic nitrogens is 1. The number of hydrogen-bond donors (Lipinski definition) is 2. The zero-order valence-corrected chi connectivity index (χ0v) is 11.3. The Morgan fingerprint density at radius 2 is 2.17 bits per heavy atom. The van der Waals surface area contributed by atoms with Gasteiger partial charge in [-0.3, -0.25) is 0 Å². The van der Waals surface area contributed by atoms with Crippen molar-refractivity contribution < 1.29 is 4.74 Å². The van der Waals surface area contributed by atoms with E-state index in [1.165, 1.54) is 29.5 Å². The summed E-state index contributed by atoms with van der Waals surface area (Å²) in [4.78, 5) is 3.58. The molecule has 1 aromatic carbocycles. The summed E-state index contributed by atoms with van der Waals surface area (Å²) in [5, 5.41) is 4.88. The lowest BCUT2D eigenvalue weighted by atomic mass is 9.93. The summed E-state index contributed by atoms with van der Waals surface area (Å²) in [6.45, 7) is 5.57. The molecule has 2 N–H and O–H groups in total. The summed E-state index contributed by atoms with van der Waals surface area (Å²) in [7, 11) is 1.72. The molecule has 1 aromatic heterocycles. The van der Waals surface area contributed by atoms with Crippen molar-refractivity contribution >= 4 is 10.9 Å². The summed E-state index contributed by atoms with van der Waals surface area (Å²) in [5.41, 5.74) is 3.83. The molecule has 0 saturated carbocycles. The second-order valence-corrected chi connectivity index (χ2v) is 5.37. The molecule has 3 heteroatoms. The maximum absolute atomic E-state index is 5.44. The van der Waals surface area contributed by atoms with Crippen molar-refractivity contribution in [2.24, 2.45) is 0 Å². The highest BCUT2D eigenvalue weighted by molar-refractivity contribution is 5.89. The number of benzene rings is 1. The molecule has 2 aromatic rings. The van der Waals surface area contributed by atoms with Crippen LogP contribution in [-0.4, -0.2) is 18.6 Å². The predicted molar refractivity (Wildman–Crippen MR) is 74.2 cm³/mol. The van der Waals surface area contributed by atoms with E-state index >= 15 is 0 Å². The number of aromatic amines is 1. The first kappa shape index (κ1) is 11.6. The molecule has 1 unspecified atom stereocenters. The number of ether oxygens (including phenoxy) is 1. The Bertz CT molecular complexity index is 579. The highest BCUT2D eigenvalue weighted by atomic mass is 16.5. The van der Waals surface area contributed by atoms with E-state index in [0.717, 1.165) is 17.8 Å². The standard InChI is InChI=1S/C15H20N2O/c1-10-11-6-4-7-12(18-3)13(11)17-14(10)15(2)8-5-9-16-15/h4,6-7,16-17H,5,8-9H2,1-3H3. The largest absolute Gasteiger partial charge is 0.495 e. The Morgan fingerprint density at radius 3 is 2.83 bits per heavy atom. The van der Waals surface area contributed by atoms with Gasteiger partial charge in [0.05, 0.1) is 18.2 Å². The Balaban J connectivity index is 2.22. The molecular weight excluding hydrogens is 224 g/mol. The first-order valence-electron chi connectivity index (χ1n) is 6.56. The predicted octanol–water partition coefficient (Wildman–Crippen LogP) is 3.08. The van der Waals surface area contributed by atoms with Gasteiger partial charge in [-0.15, -0.1) is 0 Å². The van der Waals surface area contributed by atoms with Gasteiger partial charge >= 0.3 is 0 Å². The SMILES string of the molecule is COc1cccc2c(C)c(C3(C)CCCN3)[nH]c12. The van der Waals surface area contributed by atoms with Crippen molar-refractivity contribution in [2.75, 3.05) is 13.7 Å². The van der Waals surface area contributed by atoms with Crippen molar-refractivity contribution in [2.45, 2.75) is 32.2 Å². The lowest BCUT2D eigenvalue weighted by Crippen LogP contribution is -2.34. The monoisotopic (exact) mass is 244 g/mol. The molecule has 1 atom stereocenters. The van der Waals surface area contributed by atoms with E-state index in [9.17, 15) is 0 Å². The van der Waals surface area contributed by atoms with E-state index in [4.69, 9.17) is 4.74 Å². The van der Waals surface area contributed by atoms with Crippen LogP contribution in [0.1, 0.15) is 31.0 Å². The third-order valence-corrected chi connectivity index (χ3v) is 4.20. The number of hydrogen-bond acceptors (Lipinski definition) is 2. The maximum atomic E-state index is 5.44. The van der Waals surface area contributed by atoms with Crippen molar-refractivity contribution in [3.05, 3.63) is 29.5 Å². The fourth-order valence-electron chi connectivity index (χ4n) is 3.16. The number of rotatable bonds is 2. The van der Waals surface area contributed by atoms with Gasteiger partial charge in [-0.2, -0.15) is 0 Å². The van der Waals surface area contributed by atoms with Crippen LogP contribution in [0.25, 0.3) is 10.9 Å². The average Bonchev–Trinajstić information content (AvgIpc) is 2.95. The van der Waals surface area contributed by atoms with Crippen molar-refractivity contribution in [3.63, 3.8) is 0 Å². The van der Waals surface area contributed by atoms with Crippen molar-refractivity contribution in [1.82, 2.24) is 10.3 Å². The summed E-state index contributed by atoms with van der Waals surface area (Å²) < 4.78 is 5.44. The molecular formula is C15H20N2O. The van der Waals surface area contributed by atoms with E-state index in [-0.39, 0.29) is 5.54 Å². The van der Waals surface area contributed by atoms with Crippen LogP contribution in [0, 0.1) is 6.92 Å². The van der Waals surface area contributed by atoms with Crippen LogP contribution in [-0.2, 0) is 5.54 Å². The van der Waals surface area contributed by atoms with Crippen LogP contribution in [0.5, 0.6) is 5.75 Å². The van der Waals surface area contributed by atoms with Crippen LogP contribution >= 0.6 is 0 Å². The van der Waals surface area contributed by atoms with Gasteiger partial charge in [0.25, 0.3) is 0 Å². The van der Waals surface area contributed by atoms with E-state index in [1.807, 2.05) is 6.07 Å². The molecule has 3 rings (SSSR count). The molecule has 18 heavy (non-hydrogen) atoms. The van der Waals surface area contributed by atoms with Crippen LogP contribution < -0.4 is 10.1 Å². The fraction of sp³-hybridized carbons (Fsp3) is 0.467. The molecule has 0 spiro atoms. The molecule has 0 radical (unpaired) electrons. The van der Waals surface area contributed by atoms with E-state index in [0.29, 0.717) is 0 Å². The van der Waals surface area contributed by atoms with Gasteiger partial charge in [-0.25, -0.2) is 0 Å². The van der Waals surface area contributed by atoms with Crippen molar-refractivity contribution in [1.29, 1.82) is 0 Å². The summed E-state index contributed by atoms with van der Waals surface area (Å²) in [6.07, 6.45) is 2.42. The Morgan fingerprint density at radius 1 is 1.33 bits per heavy atom. The average molecular weight is 244 g/mol. The minimum absolute atomic E-state index is 0.0775. The zero-order chi connectivity index (χ0) is 12.8. The molecule has 1 saturated heterocycles. The molecule has 1 aliphatic heterocycles. The highest BCUT2D eigenvalue weighted by Gasteiger charge is 2.33. The highest BCUT2D eigenvalue weighted by Crippen LogP contribution is 2.37. The quantitative estimate of drug-likeness (QED) is 0.851. The number of para-hydroxylation sites is 1. The normalized spacial score (nSPS) is 23.7. The summed E-state index contributed by atoms with van der Waals surface area (Å²) >= 11 is 0. The van der Waals surface area contributed by atoms with Gasteiger partial charge in [0.2, 0.25) is 0 Å². The van der Waals surface area contributed by atoms with Gasteiger partial charge in [0, 0.05) is 11.1 Å². The number of fused-ring (bicyclic) bond motifs is 1. The van der Waals surface area contributed by atoms with E-state index < -0.39 is 0 Å². The molecule has 3 nitrogen and oxygen atoms in total. The van der Waals surface area contributed by atoms with Crippen LogP contribution in [0.15, 0.2) is 18.2 Å². The topological polar surface area (TPSA) is 37.0 Å². The molecule has 0 bridgehead atoms. The molecule has 1 aliphatic rings. The van der Waals surface area contributed by atoms with Gasteiger partial charge in [-0.05, 0) is 44.9 Å². The van der Waals surface area contributed by atoms with Crippen molar-refractivity contribution in [3.8, 4) is 5.75 Å². The number of nitrogens with one attached hydrogen (secondary N) is 2. The number of H-pyrrole nitrogens is 1. The van der Waals surface area contributed by atoms with Gasteiger partial charge in [0.15, 0.2) is 0 Å². The van der Waals surface area contributed by atoms with E-state index in [2.05, 4.69) is 36.3 Å². The Kier molecular flexibility index (Phi) is 2.59. The van der Waals surface area contributed by atoms with Crippen LogP contribution in [0.4, 0.5) is 0 Å². The molecule has 96 valence electrons. The molecule has 0 amide bonds. The fourth-order valence-corrected chi connectivity index (χ4v) is 3.16. The minimum Gasteiger partial charge on any atom is -0.495 e. The minimum atomic E-state index is 0.0775. The van der Waals surface area contributed by atoms with E-state index in [1.54, 1.807) is 7.11 Å². The molecule has 1 fully saturated rings. The van der Waals surface area contributed by atoms with Crippen LogP contribution in [0.2, 0.25) is 0 Å². The summed E-state index contributed by atoms with van der Waals surface area (Å²) in [6, 6.07) is 6.22. The Hall–Kier alpha value is -1.48.